The molecule has 26 heavy (non-hydrogen) atoms. The first-order valence-electron chi connectivity index (χ1n) is 9.65. The number of hydrogen-bond donors (Lipinski definition) is 1. The Morgan fingerprint density at radius 2 is 1.92 bits per heavy atom. The molecular weight excluding hydrogens is 346 g/mol. The minimum absolute atomic E-state index is 0.0526. The fourth-order valence-electron chi connectivity index (χ4n) is 3.92. The Morgan fingerprint density at radius 1 is 1.19 bits per heavy atom. The molecule has 1 aromatic carbocycles. The Labute approximate surface area is 161 Å². The van der Waals surface area contributed by atoms with Crippen molar-refractivity contribution in [3.63, 3.8) is 0 Å². The van der Waals surface area contributed by atoms with Gasteiger partial charge in [0.05, 0.1) is 5.69 Å². The summed E-state index contributed by atoms with van der Waals surface area (Å²) in [5, 5.41) is 15.5. The monoisotopic (exact) mass is 375 g/mol. The lowest BCUT2D eigenvalue weighted by Crippen LogP contribution is -2.43. The second-order valence-electron chi connectivity index (χ2n) is 7.71. The van der Waals surface area contributed by atoms with Gasteiger partial charge in [-0.25, -0.2) is 0 Å². The van der Waals surface area contributed by atoms with Crippen molar-refractivity contribution >= 4 is 11.6 Å². The molecule has 4 nitrogen and oxygen atoms in total. The van der Waals surface area contributed by atoms with Crippen LogP contribution in [0.1, 0.15) is 43.0 Å². The first kappa shape index (κ1) is 19.4. The van der Waals surface area contributed by atoms with Crippen molar-refractivity contribution < 1.29 is 5.11 Å². The molecule has 0 atom stereocenters. The van der Waals surface area contributed by atoms with Gasteiger partial charge in [-0.1, -0.05) is 36.7 Å². The molecule has 1 saturated heterocycles. The van der Waals surface area contributed by atoms with Crippen LogP contribution in [0.5, 0.6) is 0 Å². The summed E-state index contributed by atoms with van der Waals surface area (Å²) in [7, 11) is 0. The van der Waals surface area contributed by atoms with Crippen LogP contribution in [0.25, 0.3) is 0 Å². The molecule has 0 bridgehead atoms. The third-order valence-electron chi connectivity index (χ3n) is 5.67. The predicted molar refractivity (Wildman–Crippen MR) is 106 cm³/mol. The highest BCUT2D eigenvalue weighted by Gasteiger charge is 2.34. The maximum Gasteiger partial charge on any atom is 0.0638 e. The van der Waals surface area contributed by atoms with Crippen molar-refractivity contribution in [2.75, 3.05) is 19.7 Å². The van der Waals surface area contributed by atoms with E-state index in [1.165, 1.54) is 5.56 Å². The number of hydrogen-bond acceptors (Lipinski definition) is 3. The average molecular weight is 376 g/mol. The summed E-state index contributed by atoms with van der Waals surface area (Å²) in [6, 6.07) is 8.00. The van der Waals surface area contributed by atoms with Crippen LogP contribution in [0.4, 0.5) is 0 Å². The highest BCUT2D eigenvalue weighted by atomic mass is 35.5. The van der Waals surface area contributed by atoms with Gasteiger partial charge >= 0.3 is 0 Å². The molecule has 1 aromatic heterocycles. The van der Waals surface area contributed by atoms with E-state index in [4.69, 9.17) is 11.6 Å². The predicted octanol–water partition coefficient (Wildman–Crippen LogP) is 4.07. The quantitative estimate of drug-likeness (QED) is 0.793. The third kappa shape index (κ3) is 4.48. The molecular formula is C21H30ClN3O. The lowest BCUT2D eigenvalue weighted by Gasteiger charge is -2.41. The van der Waals surface area contributed by atoms with Crippen LogP contribution >= 0.6 is 11.6 Å². The number of benzene rings is 1. The topological polar surface area (TPSA) is 41.3 Å². The molecule has 1 fully saturated rings. The molecule has 0 aliphatic carbocycles. The second kappa shape index (κ2) is 8.55. The summed E-state index contributed by atoms with van der Waals surface area (Å²) in [6.45, 7) is 8.43. The summed E-state index contributed by atoms with van der Waals surface area (Å²) in [5.41, 5.74) is 3.55. The highest BCUT2D eigenvalue weighted by molar-refractivity contribution is 6.31. The summed E-state index contributed by atoms with van der Waals surface area (Å²) in [4.78, 5) is 2.49. The van der Waals surface area contributed by atoms with Crippen molar-refractivity contribution in [2.45, 2.75) is 52.6 Å². The van der Waals surface area contributed by atoms with Crippen LogP contribution in [-0.4, -0.2) is 39.5 Å². The van der Waals surface area contributed by atoms with Gasteiger partial charge in [0.2, 0.25) is 0 Å². The molecule has 0 spiro atoms. The lowest BCUT2D eigenvalue weighted by molar-refractivity contribution is 0.0413. The molecule has 3 rings (SSSR count). The van der Waals surface area contributed by atoms with E-state index in [1.54, 1.807) is 0 Å². The molecule has 0 saturated carbocycles. The van der Waals surface area contributed by atoms with Gasteiger partial charge in [0.25, 0.3) is 0 Å². The average Bonchev–Trinajstić information content (AvgIpc) is 2.98. The third-order valence-corrected chi connectivity index (χ3v) is 6.04. The Balaban J connectivity index is 1.61. The maximum absolute atomic E-state index is 10.1. The molecule has 2 aromatic rings. The van der Waals surface area contributed by atoms with Gasteiger partial charge in [-0.15, -0.1) is 0 Å². The summed E-state index contributed by atoms with van der Waals surface area (Å²) in [5.74, 6) is 0. The van der Waals surface area contributed by atoms with Gasteiger partial charge in [-0.05, 0) is 62.7 Å². The van der Waals surface area contributed by atoms with E-state index in [-0.39, 0.29) is 12.0 Å². The summed E-state index contributed by atoms with van der Waals surface area (Å²) < 4.78 is 2.06. The van der Waals surface area contributed by atoms with Crippen molar-refractivity contribution in [3.8, 4) is 0 Å². The Bertz CT molecular complexity index is 720. The lowest BCUT2D eigenvalue weighted by atomic mass is 9.74. The van der Waals surface area contributed by atoms with Crippen LogP contribution in [0, 0.1) is 12.3 Å². The van der Waals surface area contributed by atoms with Gasteiger partial charge in [-0.2, -0.15) is 5.10 Å². The van der Waals surface area contributed by atoms with E-state index in [0.717, 1.165) is 68.1 Å². The van der Waals surface area contributed by atoms with Crippen molar-refractivity contribution in [1.82, 2.24) is 14.7 Å². The van der Waals surface area contributed by atoms with Crippen molar-refractivity contribution in [3.05, 3.63) is 52.3 Å². The minimum atomic E-state index is -0.0526. The first-order chi connectivity index (χ1) is 12.5. The smallest absolute Gasteiger partial charge is 0.0638 e. The molecule has 1 aliphatic rings. The van der Waals surface area contributed by atoms with E-state index in [0.29, 0.717) is 0 Å². The maximum atomic E-state index is 10.1. The van der Waals surface area contributed by atoms with Gasteiger partial charge in [0.15, 0.2) is 0 Å². The highest BCUT2D eigenvalue weighted by Crippen LogP contribution is 2.36. The minimum Gasteiger partial charge on any atom is -0.396 e. The number of nitrogens with zero attached hydrogens (tertiary/aromatic N) is 3. The number of halogens is 1. The van der Waals surface area contributed by atoms with E-state index < -0.39 is 0 Å². The zero-order valence-corrected chi connectivity index (χ0v) is 16.7. The van der Waals surface area contributed by atoms with Crippen LogP contribution < -0.4 is 0 Å². The standard InChI is InChI=1S/C21H30ClN3O/c1-3-10-25-15-19(17(2)23-25)14-24-11-8-21(16-26,9-12-24)13-18-6-4-5-7-20(18)22/h4-7,15,26H,3,8-14,16H2,1-2H3. The molecule has 0 radical (unpaired) electrons. The van der Waals surface area contributed by atoms with E-state index in [9.17, 15) is 5.11 Å². The van der Waals surface area contributed by atoms with E-state index in [2.05, 4.69) is 40.8 Å². The van der Waals surface area contributed by atoms with Gasteiger partial charge < -0.3 is 5.11 Å². The molecule has 142 valence electrons. The fourth-order valence-corrected chi connectivity index (χ4v) is 4.12. The Kier molecular flexibility index (Phi) is 6.38. The molecule has 0 amide bonds. The summed E-state index contributed by atoms with van der Waals surface area (Å²) in [6.07, 6.45) is 6.14. The Morgan fingerprint density at radius 3 is 2.58 bits per heavy atom. The zero-order chi connectivity index (χ0) is 18.6. The number of piperidine rings is 1. The largest absolute Gasteiger partial charge is 0.396 e. The van der Waals surface area contributed by atoms with Gasteiger partial charge in [0, 0.05) is 36.5 Å². The number of likely N-dealkylation sites (tertiary alicyclic amines) is 1. The molecule has 5 heteroatoms. The second-order valence-corrected chi connectivity index (χ2v) is 8.11. The SMILES string of the molecule is CCCn1cc(CN2CCC(CO)(Cc3ccccc3Cl)CC2)c(C)n1. The molecule has 0 unspecified atom stereocenters. The zero-order valence-electron chi connectivity index (χ0n) is 15.9. The number of aryl methyl sites for hydroxylation is 2. The van der Waals surface area contributed by atoms with E-state index >= 15 is 0 Å². The fraction of sp³-hybridized carbons (Fsp3) is 0.571. The van der Waals surface area contributed by atoms with Crippen LogP contribution in [0.2, 0.25) is 5.02 Å². The van der Waals surface area contributed by atoms with Crippen LogP contribution in [0.15, 0.2) is 30.5 Å². The normalized spacial score (nSPS) is 17.5. The number of aromatic nitrogens is 2. The van der Waals surface area contributed by atoms with Crippen molar-refractivity contribution in [1.29, 1.82) is 0 Å². The van der Waals surface area contributed by atoms with Crippen LogP contribution in [-0.2, 0) is 19.5 Å². The van der Waals surface area contributed by atoms with Gasteiger partial charge in [0.1, 0.15) is 0 Å². The molecule has 1 N–H and O–H groups in total. The van der Waals surface area contributed by atoms with E-state index in [1.807, 2.05) is 18.2 Å². The number of aliphatic hydroxyl groups is 1. The van der Waals surface area contributed by atoms with Crippen LogP contribution in [0.3, 0.4) is 0 Å². The van der Waals surface area contributed by atoms with Gasteiger partial charge in [-0.3, -0.25) is 9.58 Å². The molecule has 1 aliphatic heterocycles. The number of rotatable bonds is 7. The summed E-state index contributed by atoms with van der Waals surface area (Å²) >= 11 is 6.34. The number of aliphatic hydroxyl groups excluding tert-OH is 1. The van der Waals surface area contributed by atoms with Crippen molar-refractivity contribution in [2.24, 2.45) is 5.41 Å². The molecule has 2 heterocycles. The Hall–Kier alpha value is -1.36. The first-order valence-corrected chi connectivity index (χ1v) is 10.0.